The Morgan fingerprint density at radius 3 is 2.80 bits per heavy atom. The fraction of sp³-hybridized carbons (Fsp3) is 0.667. The Hall–Kier alpha value is -0.0500. The van der Waals surface area contributed by atoms with E-state index in [-0.39, 0.29) is 5.38 Å². The van der Waals surface area contributed by atoms with Crippen LogP contribution in [0.4, 0.5) is 0 Å². The molecule has 1 aliphatic heterocycles. The molecule has 1 saturated heterocycles. The second-order valence-electron chi connectivity index (χ2n) is 4.24. The monoisotopic (exact) mass is 243 g/mol. The first-order valence-electron chi connectivity index (χ1n) is 5.73. The molecule has 2 heterocycles. The van der Waals surface area contributed by atoms with Crippen LogP contribution < -0.4 is 0 Å². The third-order valence-electron chi connectivity index (χ3n) is 2.91. The highest BCUT2D eigenvalue weighted by atomic mass is 35.5. The Bertz CT molecular complexity index is 267. The molecule has 1 atom stereocenters. The predicted octanol–water partition coefficient (Wildman–Crippen LogP) is 3.38. The molecule has 0 bridgehead atoms. The fourth-order valence-corrected chi connectivity index (χ4v) is 3.37. The highest BCUT2D eigenvalue weighted by molar-refractivity contribution is 7.09. The minimum absolute atomic E-state index is 0.279. The lowest BCUT2D eigenvalue weighted by Gasteiger charge is -2.28. The van der Waals surface area contributed by atoms with Gasteiger partial charge in [0.25, 0.3) is 0 Å². The maximum Gasteiger partial charge on any atom is 0.0511 e. The van der Waals surface area contributed by atoms with Crippen LogP contribution in [-0.2, 0) is 6.42 Å². The first kappa shape index (κ1) is 11.4. The summed E-state index contributed by atoms with van der Waals surface area (Å²) >= 11 is 8.18. The SMILES string of the molecule is ClC(Cc1cccs1)CN1CCCCC1. The number of alkyl halides is 1. The first-order valence-corrected chi connectivity index (χ1v) is 7.05. The molecule has 0 N–H and O–H groups in total. The number of hydrogen-bond acceptors (Lipinski definition) is 2. The number of piperidine rings is 1. The molecular formula is C12H18ClNS. The highest BCUT2D eigenvalue weighted by Gasteiger charge is 2.15. The fourth-order valence-electron chi connectivity index (χ4n) is 2.13. The molecule has 3 heteroatoms. The van der Waals surface area contributed by atoms with Crippen molar-refractivity contribution in [3.05, 3.63) is 22.4 Å². The van der Waals surface area contributed by atoms with Crippen molar-refractivity contribution in [1.29, 1.82) is 0 Å². The molecular weight excluding hydrogens is 226 g/mol. The molecule has 1 fully saturated rings. The molecule has 1 nitrogen and oxygen atoms in total. The Kier molecular flexibility index (Phi) is 4.48. The Morgan fingerprint density at radius 1 is 1.33 bits per heavy atom. The van der Waals surface area contributed by atoms with Gasteiger partial charge in [0.15, 0.2) is 0 Å². The second-order valence-corrected chi connectivity index (χ2v) is 5.89. The van der Waals surface area contributed by atoms with Gasteiger partial charge >= 0.3 is 0 Å². The quantitative estimate of drug-likeness (QED) is 0.733. The van der Waals surface area contributed by atoms with E-state index in [2.05, 4.69) is 22.4 Å². The van der Waals surface area contributed by atoms with Crippen molar-refractivity contribution < 1.29 is 0 Å². The van der Waals surface area contributed by atoms with Gasteiger partial charge in [-0.05, 0) is 43.8 Å². The van der Waals surface area contributed by atoms with Crippen LogP contribution in [0.5, 0.6) is 0 Å². The minimum atomic E-state index is 0.279. The van der Waals surface area contributed by atoms with Gasteiger partial charge in [0.05, 0.1) is 5.38 Å². The molecule has 1 aromatic heterocycles. The van der Waals surface area contributed by atoms with Crippen molar-refractivity contribution in [2.45, 2.75) is 31.1 Å². The molecule has 2 rings (SSSR count). The van der Waals surface area contributed by atoms with Gasteiger partial charge in [-0.1, -0.05) is 12.5 Å². The molecule has 0 radical (unpaired) electrons. The van der Waals surface area contributed by atoms with Gasteiger partial charge in [0.2, 0.25) is 0 Å². The van der Waals surface area contributed by atoms with Crippen molar-refractivity contribution in [2.24, 2.45) is 0 Å². The standard InChI is InChI=1S/C12H18ClNS/c13-11(9-12-5-4-8-15-12)10-14-6-2-1-3-7-14/h4-5,8,11H,1-3,6-7,9-10H2. The molecule has 15 heavy (non-hydrogen) atoms. The zero-order valence-electron chi connectivity index (χ0n) is 8.99. The van der Waals surface area contributed by atoms with Gasteiger partial charge in [0, 0.05) is 11.4 Å². The maximum absolute atomic E-state index is 6.37. The van der Waals surface area contributed by atoms with E-state index in [1.54, 1.807) is 0 Å². The van der Waals surface area contributed by atoms with E-state index in [4.69, 9.17) is 11.6 Å². The van der Waals surface area contributed by atoms with Crippen molar-refractivity contribution in [3.8, 4) is 0 Å². The van der Waals surface area contributed by atoms with E-state index in [1.807, 2.05) is 11.3 Å². The van der Waals surface area contributed by atoms with E-state index in [0.29, 0.717) is 0 Å². The van der Waals surface area contributed by atoms with Crippen LogP contribution in [-0.4, -0.2) is 29.9 Å². The van der Waals surface area contributed by atoms with Crippen LogP contribution in [0.3, 0.4) is 0 Å². The van der Waals surface area contributed by atoms with Gasteiger partial charge in [-0.15, -0.1) is 22.9 Å². The van der Waals surface area contributed by atoms with Gasteiger partial charge in [-0.25, -0.2) is 0 Å². The van der Waals surface area contributed by atoms with Crippen LogP contribution >= 0.6 is 22.9 Å². The smallest absolute Gasteiger partial charge is 0.0511 e. The average Bonchev–Trinajstić information content (AvgIpc) is 2.71. The number of halogens is 1. The topological polar surface area (TPSA) is 3.24 Å². The van der Waals surface area contributed by atoms with Crippen LogP contribution in [0.1, 0.15) is 24.1 Å². The van der Waals surface area contributed by atoms with Crippen LogP contribution in [0.15, 0.2) is 17.5 Å². The van der Waals surface area contributed by atoms with Crippen molar-refractivity contribution >= 4 is 22.9 Å². The zero-order chi connectivity index (χ0) is 10.5. The predicted molar refractivity (Wildman–Crippen MR) is 68.0 cm³/mol. The first-order chi connectivity index (χ1) is 7.34. The summed E-state index contributed by atoms with van der Waals surface area (Å²) in [5, 5.41) is 2.40. The molecule has 0 saturated carbocycles. The molecule has 1 unspecified atom stereocenters. The molecule has 1 aromatic rings. The summed E-state index contributed by atoms with van der Waals surface area (Å²) in [6, 6.07) is 4.28. The minimum Gasteiger partial charge on any atom is -0.302 e. The average molecular weight is 244 g/mol. The van der Waals surface area contributed by atoms with E-state index in [1.165, 1.54) is 37.2 Å². The largest absolute Gasteiger partial charge is 0.302 e. The Morgan fingerprint density at radius 2 is 2.13 bits per heavy atom. The summed E-state index contributed by atoms with van der Waals surface area (Å²) in [5.74, 6) is 0. The van der Waals surface area contributed by atoms with Crippen LogP contribution in [0, 0.1) is 0 Å². The van der Waals surface area contributed by atoms with Crippen molar-refractivity contribution in [3.63, 3.8) is 0 Å². The second kappa shape index (κ2) is 5.88. The molecule has 0 amide bonds. The van der Waals surface area contributed by atoms with Gasteiger partial charge in [-0.2, -0.15) is 0 Å². The van der Waals surface area contributed by atoms with Gasteiger partial charge < -0.3 is 4.90 Å². The van der Waals surface area contributed by atoms with Gasteiger partial charge in [0.1, 0.15) is 0 Å². The third-order valence-corrected chi connectivity index (χ3v) is 4.10. The van der Waals surface area contributed by atoms with Crippen LogP contribution in [0.25, 0.3) is 0 Å². The summed E-state index contributed by atoms with van der Waals surface area (Å²) in [4.78, 5) is 3.92. The lowest BCUT2D eigenvalue weighted by atomic mass is 10.1. The Balaban J connectivity index is 1.74. The lowest BCUT2D eigenvalue weighted by molar-refractivity contribution is 0.228. The normalized spacial score (nSPS) is 20.3. The molecule has 84 valence electrons. The van der Waals surface area contributed by atoms with E-state index in [9.17, 15) is 0 Å². The zero-order valence-corrected chi connectivity index (χ0v) is 10.6. The number of nitrogens with zero attached hydrogens (tertiary/aromatic N) is 1. The summed E-state index contributed by atoms with van der Waals surface area (Å²) < 4.78 is 0. The van der Waals surface area contributed by atoms with E-state index >= 15 is 0 Å². The summed E-state index contributed by atoms with van der Waals surface area (Å²) in [6.45, 7) is 3.54. The molecule has 1 aliphatic rings. The van der Waals surface area contributed by atoms with E-state index < -0.39 is 0 Å². The van der Waals surface area contributed by atoms with E-state index in [0.717, 1.165) is 13.0 Å². The summed E-state index contributed by atoms with van der Waals surface area (Å²) in [5.41, 5.74) is 0. The maximum atomic E-state index is 6.37. The molecule has 0 aliphatic carbocycles. The number of likely N-dealkylation sites (tertiary alicyclic amines) is 1. The third kappa shape index (κ3) is 3.78. The molecule has 0 spiro atoms. The van der Waals surface area contributed by atoms with Crippen LogP contribution in [0.2, 0.25) is 0 Å². The number of rotatable bonds is 4. The van der Waals surface area contributed by atoms with Gasteiger partial charge in [-0.3, -0.25) is 0 Å². The lowest BCUT2D eigenvalue weighted by Crippen LogP contribution is -2.35. The Labute approximate surface area is 101 Å². The van der Waals surface area contributed by atoms with Crippen molar-refractivity contribution in [1.82, 2.24) is 4.90 Å². The number of thiophene rings is 1. The van der Waals surface area contributed by atoms with Crippen molar-refractivity contribution in [2.75, 3.05) is 19.6 Å². The summed E-state index contributed by atoms with van der Waals surface area (Å²) in [7, 11) is 0. The number of hydrogen-bond donors (Lipinski definition) is 0. The highest BCUT2D eigenvalue weighted by Crippen LogP contribution is 2.16. The summed E-state index contributed by atoms with van der Waals surface area (Å²) in [6.07, 6.45) is 5.12. The molecule has 0 aromatic carbocycles.